The number of rotatable bonds is 4. The molecule has 0 aliphatic rings. The van der Waals surface area contributed by atoms with Crippen LogP contribution in [-0.4, -0.2) is 27.2 Å². The van der Waals surface area contributed by atoms with E-state index in [1.165, 1.54) is 13.7 Å². The molecule has 0 heterocycles. The first kappa shape index (κ1) is 17.6. The van der Waals surface area contributed by atoms with E-state index in [-0.39, 0.29) is 5.41 Å². The van der Waals surface area contributed by atoms with Gasteiger partial charge in [-0.25, -0.2) is 0 Å². The zero-order valence-electron chi connectivity index (χ0n) is 13.4. The van der Waals surface area contributed by atoms with Crippen molar-refractivity contribution in [2.45, 2.75) is 72.3 Å². The van der Waals surface area contributed by atoms with Crippen molar-refractivity contribution in [2.24, 2.45) is 5.41 Å². The van der Waals surface area contributed by atoms with Crippen molar-refractivity contribution in [1.29, 1.82) is 0 Å². The summed E-state index contributed by atoms with van der Waals surface area (Å²) in [6.07, 6.45) is 0. The van der Waals surface area contributed by atoms with Crippen LogP contribution in [0.1, 0.15) is 27.7 Å². The highest BCUT2D eigenvalue weighted by Crippen LogP contribution is 2.30. The first-order valence-electron chi connectivity index (χ1n) is 6.51. The minimum absolute atomic E-state index is 0.162. The molecule has 0 spiro atoms. The molecular formula is C13H31OPSi2. The third-order valence-electron chi connectivity index (χ3n) is 2.61. The summed E-state index contributed by atoms with van der Waals surface area (Å²) in [5, 5.41) is 0.757. The first-order chi connectivity index (χ1) is 7.23. The maximum atomic E-state index is 6.33. The predicted molar refractivity (Wildman–Crippen MR) is 88.6 cm³/mol. The van der Waals surface area contributed by atoms with Crippen LogP contribution in [0.2, 0.25) is 39.3 Å². The van der Waals surface area contributed by atoms with Gasteiger partial charge in [-0.2, -0.15) is 0 Å². The second-order valence-electron chi connectivity index (χ2n) is 7.94. The second-order valence-corrected chi connectivity index (χ2v) is 19.9. The van der Waals surface area contributed by atoms with Gasteiger partial charge in [0.2, 0.25) is 0 Å². The Hall–Kier alpha value is 0.564. The third kappa shape index (κ3) is 7.56. The standard InChI is InChI=1S/C13H31OPSi2/c1-11(16(5,6)7)15-12(13(2,3)4)14-17(8,9)10/h11H,1-10H3. The van der Waals surface area contributed by atoms with Crippen LogP contribution in [0.4, 0.5) is 0 Å². The SMILES string of the molecule is CC(P=C(O[Si](C)(C)C)C(C)(C)C)[Si](C)(C)C. The van der Waals surface area contributed by atoms with Crippen molar-refractivity contribution in [2.75, 3.05) is 0 Å². The molecule has 17 heavy (non-hydrogen) atoms. The first-order valence-corrected chi connectivity index (χ1v) is 14.5. The van der Waals surface area contributed by atoms with E-state index in [0.29, 0.717) is 0 Å². The third-order valence-corrected chi connectivity index (χ3v) is 10.2. The molecule has 0 aromatic carbocycles. The molecule has 0 radical (unpaired) electrons. The fraction of sp³-hybridized carbons (Fsp3) is 0.923. The van der Waals surface area contributed by atoms with Crippen molar-refractivity contribution < 1.29 is 4.43 Å². The van der Waals surface area contributed by atoms with E-state index in [0.717, 1.165) is 5.28 Å². The average Bonchev–Trinajstić information content (AvgIpc) is 1.96. The van der Waals surface area contributed by atoms with Gasteiger partial charge in [-0.3, -0.25) is 0 Å². The molecule has 0 bridgehead atoms. The van der Waals surface area contributed by atoms with E-state index in [2.05, 4.69) is 67.0 Å². The minimum Gasteiger partial charge on any atom is -0.385 e. The normalized spacial score (nSPS) is 17.2. The highest BCUT2D eigenvalue weighted by atomic mass is 31.1. The molecule has 0 N–H and O–H groups in total. The summed E-state index contributed by atoms with van der Waals surface area (Å²) in [5.41, 5.74) is 1.46. The highest BCUT2D eigenvalue weighted by Gasteiger charge is 2.29. The van der Waals surface area contributed by atoms with Crippen molar-refractivity contribution in [1.82, 2.24) is 0 Å². The molecule has 0 saturated heterocycles. The Kier molecular flexibility index (Phi) is 5.87. The second kappa shape index (κ2) is 5.69. The van der Waals surface area contributed by atoms with E-state index >= 15 is 0 Å². The Bertz CT molecular complexity index is 279. The topological polar surface area (TPSA) is 9.23 Å². The highest BCUT2D eigenvalue weighted by molar-refractivity contribution is 7.45. The summed E-state index contributed by atoms with van der Waals surface area (Å²) < 4.78 is 6.33. The van der Waals surface area contributed by atoms with Crippen LogP contribution in [0, 0.1) is 5.41 Å². The molecule has 0 fully saturated rings. The number of hydrogen-bond donors (Lipinski definition) is 0. The summed E-state index contributed by atoms with van der Waals surface area (Å²) in [4.78, 5) is 0. The Labute approximate surface area is 112 Å². The maximum absolute atomic E-state index is 6.33. The molecule has 4 heteroatoms. The van der Waals surface area contributed by atoms with Gasteiger partial charge in [0.05, 0.1) is 13.6 Å². The Morgan fingerprint density at radius 1 is 1.00 bits per heavy atom. The summed E-state index contributed by atoms with van der Waals surface area (Å²) in [6.45, 7) is 23.3. The van der Waals surface area contributed by atoms with Gasteiger partial charge in [0, 0.05) is 5.41 Å². The van der Waals surface area contributed by atoms with Crippen LogP contribution in [0.15, 0.2) is 0 Å². The van der Waals surface area contributed by atoms with Crippen LogP contribution >= 0.6 is 8.20 Å². The van der Waals surface area contributed by atoms with Crippen molar-refractivity contribution >= 4 is 30.1 Å². The van der Waals surface area contributed by atoms with E-state index in [1.54, 1.807) is 0 Å². The number of hydrogen-bond acceptors (Lipinski definition) is 1. The smallest absolute Gasteiger partial charge is 0.191 e. The van der Waals surface area contributed by atoms with Gasteiger partial charge >= 0.3 is 0 Å². The summed E-state index contributed by atoms with van der Waals surface area (Å²) in [6, 6.07) is 0. The molecule has 1 atom stereocenters. The van der Waals surface area contributed by atoms with Gasteiger partial charge in [0.1, 0.15) is 0 Å². The summed E-state index contributed by atoms with van der Waals surface area (Å²) in [5.74, 6) is 0. The lowest BCUT2D eigenvalue weighted by molar-refractivity contribution is 0.447. The van der Waals surface area contributed by atoms with Crippen LogP contribution in [0.3, 0.4) is 0 Å². The van der Waals surface area contributed by atoms with Crippen molar-refractivity contribution in [3.05, 3.63) is 0 Å². The molecule has 0 aliphatic heterocycles. The van der Waals surface area contributed by atoms with Crippen molar-refractivity contribution in [3.8, 4) is 0 Å². The molecule has 0 aromatic rings. The van der Waals surface area contributed by atoms with Gasteiger partial charge < -0.3 is 4.43 Å². The van der Waals surface area contributed by atoms with E-state index in [4.69, 9.17) is 4.43 Å². The Balaban J connectivity index is 5.15. The van der Waals surface area contributed by atoms with E-state index < -0.39 is 16.4 Å². The van der Waals surface area contributed by atoms with Gasteiger partial charge in [-0.1, -0.05) is 55.5 Å². The lowest BCUT2D eigenvalue weighted by Crippen LogP contribution is -2.37. The average molecular weight is 291 g/mol. The molecule has 0 rings (SSSR count). The van der Waals surface area contributed by atoms with Crippen LogP contribution in [-0.2, 0) is 4.43 Å². The van der Waals surface area contributed by atoms with Gasteiger partial charge in [0.25, 0.3) is 0 Å². The van der Waals surface area contributed by atoms with Gasteiger partial charge in [0.15, 0.2) is 8.32 Å². The van der Waals surface area contributed by atoms with E-state index in [9.17, 15) is 0 Å². The predicted octanol–water partition coefficient (Wildman–Crippen LogP) is 5.23. The molecule has 0 aliphatic carbocycles. The largest absolute Gasteiger partial charge is 0.385 e. The summed E-state index contributed by atoms with van der Waals surface area (Å²) >= 11 is 0. The lowest BCUT2D eigenvalue weighted by atomic mass is 9.99. The Morgan fingerprint density at radius 2 is 1.41 bits per heavy atom. The fourth-order valence-corrected chi connectivity index (χ4v) is 5.59. The lowest BCUT2D eigenvalue weighted by Gasteiger charge is -2.31. The van der Waals surface area contributed by atoms with Gasteiger partial charge in [-0.05, 0) is 24.9 Å². The van der Waals surface area contributed by atoms with Crippen LogP contribution in [0.5, 0.6) is 0 Å². The monoisotopic (exact) mass is 290 g/mol. The van der Waals surface area contributed by atoms with Crippen LogP contribution < -0.4 is 0 Å². The molecule has 1 unspecified atom stereocenters. The molecule has 0 amide bonds. The molecule has 102 valence electrons. The molecular weight excluding hydrogens is 259 g/mol. The maximum Gasteiger partial charge on any atom is 0.191 e. The zero-order valence-corrected chi connectivity index (χ0v) is 16.3. The van der Waals surface area contributed by atoms with Gasteiger partial charge in [-0.15, -0.1) is 0 Å². The minimum atomic E-state index is -1.48. The zero-order chi connectivity index (χ0) is 14.1. The fourth-order valence-electron chi connectivity index (χ4n) is 1.03. The Morgan fingerprint density at radius 3 is 1.65 bits per heavy atom. The quantitative estimate of drug-likeness (QED) is 0.509. The molecule has 1 nitrogen and oxygen atoms in total. The van der Waals surface area contributed by atoms with E-state index in [1.807, 2.05) is 0 Å². The molecule has 0 aromatic heterocycles. The van der Waals surface area contributed by atoms with Crippen molar-refractivity contribution in [3.63, 3.8) is 0 Å². The summed E-state index contributed by atoms with van der Waals surface area (Å²) in [7, 11) is -1.14. The molecule has 0 saturated carbocycles. The van der Waals surface area contributed by atoms with Crippen LogP contribution in [0.25, 0.3) is 0 Å².